The van der Waals surface area contributed by atoms with Crippen LogP contribution in [0.5, 0.6) is 0 Å². The lowest BCUT2D eigenvalue weighted by molar-refractivity contribution is -0.113. The minimum Gasteiger partial charge on any atom is -0.478 e. The molecule has 126 valence electrons. The molecule has 1 aromatic heterocycles. The van der Waals surface area contributed by atoms with Crippen molar-refractivity contribution in [3.63, 3.8) is 0 Å². The van der Waals surface area contributed by atoms with E-state index in [0.717, 1.165) is 5.56 Å². The van der Waals surface area contributed by atoms with Gasteiger partial charge in [0.25, 0.3) is 5.56 Å². The van der Waals surface area contributed by atoms with Gasteiger partial charge in [-0.05, 0) is 31.5 Å². The average Bonchev–Trinajstić information content (AvgIpc) is 2.75. The molecule has 0 radical (unpaired) electrons. The minimum atomic E-state index is -1.00. The highest BCUT2D eigenvalue weighted by atomic mass is 32.2. The fraction of sp³-hybridized carbons (Fsp3) is 0.312. The number of carbonyl (C=O) groups is 2. The van der Waals surface area contributed by atoms with E-state index in [0.29, 0.717) is 11.4 Å². The van der Waals surface area contributed by atoms with Gasteiger partial charge in [-0.1, -0.05) is 12.1 Å². The van der Waals surface area contributed by atoms with Gasteiger partial charge in [-0.3, -0.25) is 19.4 Å². The van der Waals surface area contributed by atoms with E-state index in [1.165, 1.54) is 23.9 Å². The van der Waals surface area contributed by atoms with Gasteiger partial charge < -0.3 is 10.4 Å². The van der Waals surface area contributed by atoms with E-state index in [1.54, 1.807) is 16.8 Å². The van der Waals surface area contributed by atoms with Gasteiger partial charge in [0, 0.05) is 6.04 Å². The fourth-order valence-corrected chi connectivity index (χ4v) is 3.82. The summed E-state index contributed by atoms with van der Waals surface area (Å²) in [7, 11) is 0. The first kappa shape index (κ1) is 16.4. The largest absolute Gasteiger partial charge is 0.478 e. The molecule has 0 saturated carbocycles. The quantitative estimate of drug-likeness (QED) is 0.790. The number of carboxylic acids is 1. The Morgan fingerprint density at radius 1 is 1.29 bits per heavy atom. The van der Waals surface area contributed by atoms with Crippen molar-refractivity contribution in [2.75, 3.05) is 11.1 Å². The predicted octanol–water partition coefficient (Wildman–Crippen LogP) is 2.23. The summed E-state index contributed by atoms with van der Waals surface area (Å²) < 4.78 is 1.65. The van der Waals surface area contributed by atoms with Gasteiger partial charge in [-0.2, -0.15) is 0 Å². The molecule has 1 atom stereocenters. The zero-order valence-electron chi connectivity index (χ0n) is 13.2. The Balaban J connectivity index is 2.12. The summed E-state index contributed by atoms with van der Waals surface area (Å²) in [5.74, 6) is -0.467. The fourth-order valence-electron chi connectivity index (χ4n) is 2.69. The molecule has 3 N–H and O–H groups in total. The first-order chi connectivity index (χ1) is 11.4. The van der Waals surface area contributed by atoms with Crippen molar-refractivity contribution in [1.29, 1.82) is 0 Å². The number of nitrogens with one attached hydrogen (secondary N) is 2. The van der Waals surface area contributed by atoms with E-state index in [1.807, 2.05) is 13.8 Å². The minimum absolute atomic E-state index is 0.0140. The third-order valence-electron chi connectivity index (χ3n) is 3.84. The van der Waals surface area contributed by atoms with Gasteiger partial charge in [-0.25, -0.2) is 4.79 Å². The maximum absolute atomic E-state index is 12.5. The molecule has 1 aliphatic rings. The Bertz CT molecular complexity index is 851. The van der Waals surface area contributed by atoms with Crippen LogP contribution >= 0.6 is 11.8 Å². The van der Waals surface area contributed by atoms with Crippen LogP contribution in [0.25, 0.3) is 0 Å². The van der Waals surface area contributed by atoms with E-state index in [2.05, 4.69) is 10.4 Å². The number of thioether (sulfide) groups is 1. The van der Waals surface area contributed by atoms with Crippen LogP contribution in [-0.4, -0.2) is 32.5 Å². The van der Waals surface area contributed by atoms with Crippen LogP contribution in [0.1, 0.15) is 46.6 Å². The molecule has 2 heterocycles. The smallest absolute Gasteiger partial charge is 0.335 e. The number of aromatic carboxylic acids is 1. The molecule has 1 amide bonds. The molecule has 8 heteroatoms. The molecule has 24 heavy (non-hydrogen) atoms. The number of aromatic nitrogens is 2. The summed E-state index contributed by atoms with van der Waals surface area (Å²) in [5, 5.41) is 14.2. The molecule has 1 aliphatic heterocycles. The van der Waals surface area contributed by atoms with Gasteiger partial charge in [0.2, 0.25) is 5.91 Å². The molecule has 2 aromatic rings. The Morgan fingerprint density at radius 2 is 1.96 bits per heavy atom. The summed E-state index contributed by atoms with van der Waals surface area (Å²) in [6, 6.07) is 6.37. The number of carbonyl (C=O) groups excluding carboxylic acids is 1. The molecule has 0 saturated heterocycles. The van der Waals surface area contributed by atoms with E-state index in [9.17, 15) is 14.4 Å². The Hall–Kier alpha value is -2.48. The standard InChI is InChI=1S/C16H17N3O4S/c1-8(2)19-14-12(15(21)18-19)13(24-7-11(20)17-14)9-3-5-10(6-4-9)16(22)23/h3-6,8,13H,7H2,1-2H3,(H,17,20)(H,18,21)(H,22,23)/t13-/m0/s1. The van der Waals surface area contributed by atoms with Crippen LogP contribution in [0.3, 0.4) is 0 Å². The van der Waals surface area contributed by atoms with Crippen molar-refractivity contribution in [3.8, 4) is 0 Å². The lowest BCUT2D eigenvalue weighted by Gasteiger charge is -2.15. The molecule has 0 aliphatic carbocycles. The van der Waals surface area contributed by atoms with Crippen molar-refractivity contribution in [2.45, 2.75) is 25.1 Å². The Morgan fingerprint density at radius 3 is 2.54 bits per heavy atom. The number of amides is 1. The normalized spacial score (nSPS) is 17.3. The Labute approximate surface area is 142 Å². The summed E-state index contributed by atoms with van der Waals surface area (Å²) in [5.41, 5.74) is 1.21. The molecular weight excluding hydrogens is 330 g/mol. The number of benzene rings is 1. The number of anilines is 1. The van der Waals surface area contributed by atoms with Crippen LogP contribution < -0.4 is 10.9 Å². The molecular formula is C16H17N3O4S. The van der Waals surface area contributed by atoms with Gasteiger partial charge >= 0.3 is 5.97 Å². The summed E-state index contributed by atoms with van der Waals surface area (Å²) in [6.07, 6.45) is 0. The number of rotatable bonds is 3. The summed E-state index contributed by atoms with van der Waals surface area (Å²) >= 11 is 1.35. The highest BCUT2D eigenvalue weighted by Crippen LogP contribution is 2.40. The average molecular weight is 347 g/mol. The van der Waals surface area contributed by atoms with Crippen LogP contribution in [0, 0.1) is 0 Å². The lowest BCUT2D eigenvalue weighted by atomic mass is 10.0. The molecule has 3 rings (SSSR count). The molecule has 1 aromatic carbocycles. The first-order valence-corrected chi connectivity index (χ1v) is 8.52. The molecule has 0 bridgehead atoms. The van der Waals surface area contributed by atoms with E-state index in [4.69, 9.17) is 5.11 Å². The van der Waals surface area contributed by atoms with Crippen molar-refractivity contribution in [2.24, 2.45) is 0 Å². The van der Waals surface area contributed by atoms with Crippen molar-refractivity contribution in [3.05, 3.63) is 51.3 Å². The summed E-state index contributed by atoms with van der Waals surface area (Å²) in [6.45, 7) is 3.83. The SMILES string of the molecule is CC(C)n1[nH]c(=O)c2c1NC(=O)CS[C@H]2c1ccc(C(=O)O)cc1. The van der Waals surface area contributed by atoms with Crippen LogP contribution in [-0.2, 0) is 4.79 Å². The maximum Gasteiger partial charge on any atom is 0.335 e. The zero-order valence-corrected chi connectivity index (χ0v) is 14.0. The van der Waals surface area contributed by atoms with E-state index in [-0.39, 0.29) is 34.1 Å². The number of hydrogen-bond donors (Lipinski definition) is 3. The first-order valence-electron chi connectivity index (χ1n) is 7.47. The summed E-state index contributed by atoms with van der Waals surface area (Å²) in [4.78, 5) is 35.5. The zero-order chi connectivity index (χ0) is 17.4. The number of fused-ring (bicyclic) bond motifs is 1. The third kappa shape index (κ3) is 2.84. The maximum atomic E-state index is 12.5. The number of carboxylic acid groups (broad SMARTS) is 1. The number of nitrogens with zero attached hydrogens (tertiary/aromatic N) is 1. The van der Waals surface area contributed by atoms with Crippen LogP contribution in [0.4, 0.5) is 5.82 Å². The second-order valence-electron chi connectivity index (χ2n) is 5.83. The second-order valence-corrected chi connectivity index (χ2v) is 6.93. The second kappa shape index (κ2) is 6.20. The van der Waals surface area contributed by atoms with Crippen molar-refractivity contribution in [1.82, 2.24) is 9.78 Å². The van der Waals surface area contributed by atoms with Crippen molar-refractivity contribution < 1.29 is 14.7 Å². The van der Waals surface area contributed by atoms with Crippen LogP contribution in [0.15, 0.2) is 29.1 Å². The van der Waals surface area contributed by atoms with Gasteiger partial charge in [-0.15, -0.1) is 11.8 Å². The highest BCUT2D eigenvalue weighted by molar-refractivity contribution is 8.00. The molecule has 7 nitrogen and oxygen atoms in total. The van der Waals surface area contributed by atoms with Gasteiger partial charge in [0.15, 0.2) is 0 Å². The van der Waals surface area contributed by atoms with Crippen molar-refractivity contribution >= 4 is 29.5 Å². The monoisotopic (exact) mass is 347 g/mol. The number of hydrogen-bond acceptors (Lipinski definition) is 4. The van der Waals surface area contributed by atoms with Gasteiger partial charge in [0.1, 0.15) is 5.82 Å². The predicted molar refractivity (Wildman–Crippen MR) is 91.8 cm³/mol. The third-order valence-corrected chi connectivity index (χ3v) is 5.11. The molecule has 0 fully saturated rings. The highest BCUT2D eigenvalue weighted by Gasteiger charge is 2.30. The topological polar surface area (TPSA) is 104 Å². The number of aromatic amines is 1. The van der Waals surface area contributed by atoms with Crippen LogP contribution in [0.2, 0.25) is 0 Å². The lowest BCUT2D eigenvalue weighted by Crippen LogP contribution is -2.17. The number of H-pyrrole nitrogens is 1. The van der Waals surface area contributed by atoms with Gasteiger partial charge in [0.05, 0.1) is 22.1 Å². The molecule has 0 unspecified atom stereocenters. The van der Waals surface area contributed by atoms with E-state index < -0.39 is 5.97 Å². The van der Waals surface area contributed by atoms with E-state index >= 15 is 0 Å². The Kier molecular flexibility index (Phi) is 4.23. The molecule has 0 spiro atoms.